The first-order valence-electron chi connectivity index (χ1n) is 8.22. The number of amides is 1. The fraction of sp³-hybridized carbons (Fsp3) is 0.444. The van der Waals surface area contributed by atoms with Gasteiger partial charge in [-0.2, -0.15) is 5.10 Å². The Hall–Kier alpha value is -1.66. The molecule has 1 saturated heterocycles. The number of aromatic nitrogens is 2. The van der Waals surface area contributed by atoms with Crippen LogP contribution in [0.1, 0.15) is 27.3 Å². The number of nitrogens with zero attached hydrogens (tertiary/aromatic N) is 4. The maximum atomic E-state index is 12.7. The smallest absolute Gasteiger partial charge is 0.275 e. The van der Waals surface area contributed by atoms with E-state index in [1.54, 1.807) is 4.68 Å². The molecule has 1 aliphatic rings. The highest BCUT2D eigenvalue weighted by molar-refractivity contribution is 9.10. The fourth-order valence-electron chi connectivity index (χ4n) is 3.05. The number of carbonyl (C=O) groups excluding carboxylic acids is 1. The third-order valence-corrected chi connectivity index (χ3v) is 5.56. The topological polar surface area (TPSA) is 41.4 Å². The molecule has 6 heteroatoms. The largest absolute Gasteiger partial charge is 0.335 e. The molecule has 1 aromatic heterocycles. The molecule has 1 fully saturated rings. The number of piperazine rings is 1. The van der Waals surface area contributed by atoms with Gasteiger partial charge in [-0.3, -0.25) is 14.4 Å². The Morgan fingerprint density at radius 2 is 1.92 bits per heavy atom. The van der Waals surface area contributed by atoms with Crippen molar-refractivity contribution in [2.45, 2.75) is 20.4 Å². The van der Waals surface area contributed by atoms with Gasteiger partial charge in [0.1, 0.15) is 0 Å². The zero-order valence-electron chi connectivity index (χ0n) is 14.4. The number of carbonyl (C=O) groups is 1. The van der Waals surface area contributed by atoms with E-state index >= 15 is 0 Å². The lowest BCUT2D eigenvalue weighted by atomic mass is 10.1. The van der Waals surface area contributed by atoms with Crippen molar-refractivity contribution in [1.82, 2.24) is 19.6 Å². The predicted octanol–water partition coefficient (Wildman–Crippen LogP) is 2.76. The molecule has 0 bridgehead atoms. The first kappa shape index (κ1) is 17.2. The van der Waals surface area contributed by atoms with Crippen LogP contribution in [0.5, 0.6) is 0 Å². The normalized spacial score (nSPS) is 15.8. The Labute approximate surface area is 151 Å². The van der Waals surface area contributed by atoms with Crippen LogP contribution in [0.2, 0.25) is 0 Å². The van der Waals surface area contributed by atoms with Crippen LogP contribution in [0.4, 0.5) is 0 Å². The lowest BCUT2D eigenvalue weighted by molar-refractivity contribution is 0.0621. The van der Waals surface area contributed by atoms with Crippen molar-refractivity contribution >= 4 is 21.8 Å². The van der Waals surface area contributed by atoms with E-state index in [9.17, 15) is 4.79 Å². The van der Waals surface area contributed by atoms with Crippen LogP contribution in [0, 0.1) is 13.8 Å². The van der Waals surface area contributed by atoms with Crippen molar-refractivity contribution < 1.29 is 4.79 Å². The number of hydrogen-bond donors (Lipinski definition) is 0. The number of hydrogen-bond acceptors (Lipinski definition) is 3. The van der Waals surface area contributed by atoms with Crippen LogP contribution in [-0.2, 0) is 13.6 Å². The molecule has 3 rings (SSSR count). The highest BCUT2D eigenvalue weighted by Crippen LogP contribution is 2.22. The van der Waals surface area contributed by atoms with E-state index in [0.29, 0.717) is 5.69 Å². The van der Waals surface area contributed by atoms with E-state index < -0.39 is 0 Å². The maximum absolute atomic E-state index is 12.7. The minimum Gasteiger partial charge on any atom is -0.335 e. The van der Waals surface area contributed by atoms with Crippen molar-refractivity contribution in [2.75, 3.05) is 26.2 Å². The SMILES string of the molecule is Cc1cccc(CN2CCN(C(=O)c3nn(C)c(C)c3Br)CC2)c1. The molecule has 128 valence electrons. The zero-order valence-corrected chi connectivity index (χ0v) is 16.0. The summed E-state index contributed by atoms with van der Waals surface area (Å²) < 4.78 is 2.54. The summed E-state index contributed by atoms with van der Waals surface area (Å²) in [5.74, 6) is 0.0146. The molecule has 0 unspecified atom stereocenters. The molecule has 0 spiro atoms. The number of halogens is 1. The standard InChI is InChI=1S/C18H23BrN4O/c1-13-5-4-6-15(11-13)12-22-7-9-23(10-8-22)18(24)17-16(19)14(2)21(3)20-17/h4-6,11H,7-10,12H2,1-3H3. The summed E-state index contributed by atoms with van der Waals surface area (Å²) in [6.07, 6.45) is 0. The van der Waals surface area contributed by atoms with E-state index in [2.05, 4.69) is 57.1 Å². The molecule has 0 saturated carbocycles. The van der Waals surface area contributed by atoms with Crippen molar-refractivity contribution in [3.63, 3.8) is 0 Å². The Morgan fingerprint density at radius 3 is 2.50 bits per heavy atom. The third kappa shape index (κ3) is 3.54. The second-order valence-corrected chi connectivity index (χ2v) is 7.22. The molecule has 1 aliphatic heterocycles. The minimum atomic E-state index is 0.0146. The molecule has 5 nitrogen and oxygen atoms in total. The molecule has 0 atom stereocenters. The molecular formula is C18H23BrN4O. The molecule has 0 radical (unpaired) electrons. The third-order valence-electron chi connectivity index (χ3n) is 4.61. The molecule has 1 amide bonds. The van der Waals surface area contributed by atoms with E-state index in [-0.39, 0.29) is 5.91 Å². The Bertz CT molecular complexity index is 747. The van der Waals surface area contributed by atoms with Gasteiger partial charge in [0, 0.05) is 39.8 Å². The van der Waals surface area contributed by atoms with Gasteiger partial charge < -0.3 is 4.90 Å². The van der Waals surface area contributed by atoms with Gasteiger partial charge in [0.15, 0.2) is 5.69 Å². The second-order valence-electron chi connectivity index (χ2n) is 6.43. The van der Waals surface area contributed by atoms with Crippen LogP contribution < -0.4 is 0 Å². The minimum absolute atomic E-state index is 0.0146. The lowest BCUT2D eigenvalue weighted by Gasteiger charge is -2.34. The summed E-state index contributed by atoms with van der Waals surface area (Å²) in [4.78, 5) is 17.0. The Balaban J connectivity index is 1.60. The summed E-state index contributed by atoms with van der Waals surface area (Å²) in [7, 11) is 1.86. The van der Waals surface area contributed by atoms with Gasteiger partial charge in [0.25, 0.3) is 5.91 Å². The average Bonchev–Trinajstić information content (AvgIpc) is 2.82. The Kier molecular flexibility index (Phi) is 5.06. The van der Waals surface area contributed by atoms with E-state index in [4.69, 9.17) is 0 Å². The van der Waals surface area contributed by atoms with Crippen molar-refractivity contribution in [1.29, 1.82) is 0 Å². The summed E-state index contributed by atoms with van der Waals surface area (Å²) >= 11 is 3.49. The highest BCUT2D eigenvalue weighted by Gasteiger charge is 2.26. The fourth-order valence-corrected chi connectivity index (χ4v) is 3.55. The van der Waals surface area contributed by atoms with Crippen molar-refractivity contribution in [3.05, 3.63) is 51.3 Å². The lowest BCUT2D eigenvalue weighted by Crippen LogP contribution is -2.48. The zero-order chi connectivity index (χ0) is 17.3. The van der Waals surface area contributed by atoms with Crippen LogP contribution in [0.15, 0.2) is 28.7 Å². The Morgan fingerprint density at radius 1 is 1.21 bits per heavy atom. The number of benzene rings is 1. The molecule has 0 N–H and O–H groups in total. The molecule has 2 aromatic rings. The number of rotatable bonds is 3. The van der Waals surface area contributed by atoms with Crippen molar-refractivity contribution in [2.24, 2.45) is 7.05 Å². The summed E-state index contributed by atoms with van der Waals surface area (Å²) in [5, 5.41) is 4.35. The van der Waals surface area contributed by atoms with Crippen LogP contribution in [-0.4, -0.2) is 51.7 Å². The summed E-state index contributed by atoms with van der Waals surface area (Å²) in [5.41, 5.74) is 4.10. The van der Waals surface area contributed by atoms with E-state index in [1.807, 2.05) is 18.9 Å². The van der Waals surface area contributed by atoms with E-state index in [0.717, 1.165) is 42.9 Å². The quantitative estimate of drug-likeness (QED) is 0.808. The maximum Gasteiger partial charge on any atom is 0.275 e. The second kappa shape index (κ2) is 7.07. The predicted molar refractivity (Wildman–Crippen MR) is 98.0 cm³/mol. The monoisotopic (exact) mass is 390 g/mol. The van der Waals surface area contributed by atoms with Gasteiger partial charge >= 0.3 is 0 Å². The van der Waals surface area contributed by atoms with Gasteiger partial charge in [-0.25, -0.2) is 0 Å². The summed E-state index contributed by atoms with van der Waals surface area (Å²) in [6.45, 7) is 8.28. The van der Waals surface area contributed by atoms with Gasteiger partial charge in [-0.1, -0.05) is 29.8 Å². The van der Waals surface area contributed by atoms with Crippen LogP contribution >= 0.6 is 15.9 Å². The first-order valence-corrected chi connectivity index (χ1v) is 9.01. The van der Waals surface area contributed by atoms with Gasteiger partial charge in [-0.05, 0) is 35.3 Å². The van der Waals surface area contributed by atoms with Gasteiger partial charge in [0.05, 0.1) is 10.2 Å². The first-order chi connectivity index (χ1) is 11.5. The van der Waals surface area contributed by atoms with Crippen LogP contribution in [0.3, 0.4) is 0 Å². The highest BCUT2D eigenvalue weighted by atomic mass is 79.9. The molecule has 24 heavy (non-hydrogen) atoms. The molecule has 1 aromatic carbocycles. The molecular weight excluding hydrogens is 368 g/mol. The van der Waals surface area contributed by atoms with Gasteiger partial charge in [0.2, 0.25) is 0 Å². The van der Waals surface area contributed by atoms with Gasteiger partial charge in [-0.15, -0.1) is 0 Å². The van der Waals surface area contributed by atoms with E-state index in [1.165, 1.54) is 11.1 Å². The molecule has 0 aliphatic carbocycles. The average molecular weight is 391 g/mol. The van der Waals surface area contributed by atoms with Crippen molar-refractivity contribution in [3.8, 4) is 0 Å². The molecule has 2 heterocycles. The summed E-state index contributed by atoms with van der Waals surface area (Å²) in [6, 6.07) is 8.61. The number of aryl methyl sites for hydroxylation is 2. The van der Waals surface area contributed by atoms with Crippen LogP contribution in [0.25, 0.3) is 0 Å².